The van der Waals surface area contributed by atoms with E-state index in [0.29, 0.717) is 17.5 Å². The van der Waals surface area contributed by atoms with Gasteiger partial charge in [0.15, 0.2) is 17.5 Å². The summed E-state index contributed by atoms with van der Waals surface area (Å²) in [5, 5.41) is 4.93. The molecule has 0 aliphatic heterocycles. The Morgan fingerprint density at radius 1 is 0.423 bits per heavy atom. The first kappa shape index (κ1) is 30.4. The van der Waals surface area contributed by atoms with Crippen molar-refractivity contribution in [2.24, 2.45) is 0 Å². The minimum absolute atomic E-state index is 0.630. The zero-order valence-electron chi connectivity index (χ0n) is 28.7. The van der Waals surface area contributed by atoms with Crippen LogP contribution in [0, 0.1) is 13.8 Å². The molecule has 0 saturated heterocycles. The second-order valence-corrected chi connectivity index (χ2v) is 14.4. The van der Waals surface area contributed by atoms with Gasteiger partial charge in [0.2, 0.25) is 0 Å². The second kappa shape index (κ2) is 12.1. The Bertz CT molecular complexity index is 2930. The fourth-order valence-corrected chi connectivity index (χ4v) is 8.79. The second-order valence-electron chi connectivity index (χ2n) is 13.4. The number of benzene rings is 7. The molecule has 0 fully saturated rings. The van der Waals surface area contributed by atoms with Gasteiger partial charge in [-0.15, -0.1) is 11.3 Å². The van der Waals surface area contributed by atoms with Crippen LogP contribution < -0.4 is 0 Å². The molecular formula is C47H32N4S. The van der Waals surface area contributed by atoms with Gasteiger partial charge >= 0.3 is 0 Å². The van der Waals surface area contributed by atoms with Gasteiger partial charge in [0.05, 0.1) is 16.7 Å². The standard InChI is InChI=1S/C47H32N4S/c1-29-23-25-41-38(27-29)39-28-30(2)24-26-42(39)51(41)40-21-10-8-18-36(40)46-48-45(35-17-7-6-15-32(35)31-13-4-3-5-14-31)49-47(50-46)37-20-12-19-34-33-16-9-11-22-43(33)52-44(34)37/h3-28H,1-2H3. The molecule has 0 unspecified atom stereocenters. The third-order valence-corrected chi connectivity index (χ3v) is 11.2. The number of fused-ring (bicyclic) bond motifs is 6. The zero-order valence-corrected chi connectivity index (χ0v) is 29.5. The summed E-state index contributed by atoms with van der Waals surface area (Å²) in [7, 11) is 0. The van der Waals surface area contributed by atoms with E-state index in [1.807, 2.05) is 6.07 Å². The molecule has 0 bridgehead atoms. The van der Waals surface area contributed by atoms with Crippen molar-refractivity contribution in [1.82, 2.24) is 19.5 Å². The molecule has 0 atom stereocenters. The van der Waals surface area contributed by atoms with E-state index in [1.165, 1.54) is 42.1 Å². The van der Waals surface area contributed by atoms with Gasteiger partial charge in [-0.05, 0) is 73.5 Å². The molecule has 246 valence electrons. The molecule has 5 heteroatoms. The zero-order chi connectivity index (χ0) is 34.8. The topological polar surface area (TPSA) is 43.6 Å². The summed E-state index contributed by atoms with van der Waals surface area (Å²) < 4.78 is 4.78. The lowest BCUT2D eigenvalue weighted by molar-refractivity contribution is 1.07. The maximum absolute atomic E-state index is 5.35. The lowest BCUT2D eigenvalue weighted by atomic mass is 9.99. The number of para-hydroxylation sites is 1. The van der Waals surface area contributed by atoms with Crippen molar-refractivity contribution in [3.8, 4) is 51.0 Å². The first-order valence-electron chi connectivity index (χ1n) is 17.5. The van der Waals surface area contributed by atoms with E-state index in [2.05, 4.69) is 170 Å². The van der Waals surface area contributed by atoms with E-state index in [9.17, 15) is 0 Å². The first-order valence-corrected chi connectivity index (χ1v) is 18.4. The van der Waals surface area contributed by atoms with Crippen LogP contribution >= 0.6 is 11.3 Å². The molecule has 10 rings (SSSR count). The number of nitrogens with zero attached hydrogens (tertiary/aromatic N) is 4. The van der Waals surface area contributed by atoms with Crippen LogP contribution in [0.25, 0.3) is 93.0 Å². The largest absolute Gasteiger partial charge is 0.309 e. The molecular weight excluding hydrogens is 653 g/mol. The van der Waals surface area contributed by atoms with Gasteiger partial charge in [0, 0.05) is 47.6 Å². The van der Waals surface area contributed by atoms with Crippen molar-refractivity contribution in [2.45, 2.75) is 13.8 Å². The van der Waals surface area contributed by atoms with Crippen LogP contribution in [0.3, 0.4) is 0 Å². The Labute approximate surface area is 305 Å². The summed E-state index contributed by atoms with van der Waals surface area (Å²) in [6.07, 6.45) is 0. The van der Waals surface area contributed by atoms with Gasteiger partial charge < -0.3 is 4.57 Å². The van der Waals surface area contributed by atoms with Crippen LogP contribution in [0.15, 0.2) is 158 Å². The van der Waals surface area contributed by atoms with Gasteiger partial charge in [-0.3, -0.25) is 0 Å². The minimum atomic E-state index is 0.630. The molecule has 0 aliphatic rings. The predicted molar refractivity (Wildman–Crippen MR) is 218 cm³/mol. The van der Waals surface area contributed by atoms with Crippen molar-refractivity contribution in [3.63, 3.8) is 0 Å². The number of thiophene rings is 1. The molecule has 7 aromatic carbocycles. The Morgan fingerprint density at radius 2 is 0.962 bits per heavy atom. The monoisotopic (exact) mass is 684 g/mol. The smallest absolute Gasteiger partial charge is 0.166 e. The highest BCUT2D eigenvalue weighted by Crippen LogP contribution is 2.41. The van der Waals surface area contributed by atoms with Crippen LogP contribution in [0.2, 0.25) is 0 Å². The lowest BCUT2D eigenvalue weighted by Gasteiger charge is -2.15. The highest BCUT2D eigenvalue weighted by Gasteiger charge is 2.21. The fraction of sp³-hybridized carbons (Fsp3) is 0.0426. The Hall–Kier alpha value is -6.43. The molecule has 10 aromatic rings. The van der Waals surface area contributed by atoms with Crippen LogP contribution in [0.5, 0.6) is 0 Å². The lowest BCUT2D eigenvalue weighted by Crippen LogP contribution is -2.04. The summed E-state index contributed by atoms with van der Waals surface area (Å²) in [4.78, 5) is 16.0. The maximum atomic E-state index is 5.35. The van der Waals surface area contributed by atoms with Crippen molar-refractivity contribution in [2.75, 3.05) is 0 Å². The average Bonchev–Trinajstić information content (AvgIpc) is 3.73. The molecule has 0 saturated carbocycles. The molecule has 0 spiro atoms. The Kier molecular flexibility index (Phi) is 7.08. The molecule has 3 heterocycles. The fourth-order valence-electron chi connectivity index (χ4n) is 7.58. The van der Waals surface area contributed by atoms with Gasteiger partial charge in [-0.25, -0.2) is 15.0 Å². The van der Waals surface area contributed by atoms with E-state index in [4.69, 9.17) is 15.0 Å². The molecule has 0 N–H and O–H groups in total. The van der Waals surface area contributed by atoms with E-state index in [-0.39, 0.29) is 0 Å². The minimum Gasteiger partial charge on any atom is -0.309 e. The SMILES string of the molecule is Cc1ccc2c(c1)c1cc(C)ccc1n2-c1ccccc1-c1nc(-c2ccccc2-c2ccccc2)nc(-c2cccc3c2sc2ccccc23)n1. The first-order chi connectivity index (χ1) is 25.6. The summed E-state index contributed by atoms with van der Waals surface area (Å²) >= 11 is 1.79. The molecule has 0 aliphatic carbocycles. The third kappa shape index (κ3) is 4.93. The molecule has 52 heavy (non-hydrogen) atoms. The van der Waals surface area contributed by atoms with E-state index >= 15 is 0 Å². The van der Waals surface area contributed by atoms with E-state index < -0.39 is 0 Å². The van der Waals surface area contributed by atoms with Crippen LogP contribution in [-0.4, -0.2) is 19.5 Å². The molecule has 0 amide bonds. The highest BCUT2D eigenvalue weighted by molar-refractivity contribution is 7.26. The van der Waals surface area contributed by atoms with E-state index in [0.717, 1.165) is 44.5 Å². The van der Waals surface area contributed by atoms with Crippen molar-refractivity contribution < 1.29 is 0 Å². The van der Waals surface area contributed by atoms with Crippen molar-refractivity contribution in [3.05, 3.63) is 169 Å². The summed E-state index contributed by atoms with van der Waals surface area (Å²) in [6.45, 7) is 4.31. The van der Waals surface area contributed by atoms with Crippen LogP contribution in [0.4, 0.5) is 0 Å². The third-order valence-electron chi connectivity index (χ3n) is 10.00. The Morgan fingerprint density at radius 3 is 1.69 bits per heavy atom. The van der Waals surface area contributed by atoms with Crippen molar-refractivity contribution in [1.29, 1.82) is 0 Å². The quantitative estimate of drug-likeness (QED) is 0.181. The molecule has 3 aromatic heterocycles. The van der Waals surface area contributed by atoms with Gasteiger partial charge in [-0.1, -0.05) is 120 Å². The predicted octanol–water partition coefficient (Wildman–Crippen LogP) is 12.6. The molecule has 4 nitrogen and oxygen atoms in total. The number of rotatable bonds is 5. The number of hydrogen-bond donors (Lipinski definition) is 0. The van der Waals surface area contributed by atoms with Crippen LogP contribution in [-0.2, 0) is 0 Å². The van der Waals surface area contributed by atoms with Gasteiger partial charge in [0.25, 0.3) is 0 Å². The average molecular weight is 685 g/mol. The van der Waals surface area contributed by atoms with Crippen LogP contribution in [0.1, 0.15) is 11.1 Å². The van der Waals surface area contributed by atoms with Crippen molar-refractivity contribution >= 4 is 53.3 Å². The number of aromatic nitrogens is 4. The summed E-state index contributed by atoms with van der Waals surface area (Å²) in [5.41, 5.74) is 10.9. The van der Waals surface area contributed by atoms with E-state index in [1.54, 1.807) is 11.3 Å². The Balaban J connectivity index is 1.27. The van der Waals surface area contributed by atoms with Gasteiger partial charge in [0.1, 0.15) is 0 Å². The molecule has 0 radical (unpaired) electrons. The highest BCUT2D eigenvalue weighted by atomic mass is 32.1. The summed E-state index contributed by atoms with van der Waals surface area (Å²) in [6, 6.07) is 55.9. The normalized spacial score (nSPS) is 11.7. The van der Waals surface area contributed by atoms with Gasteiger partial charge in [-0.2, -0.15) is 0 Å². The maximum Gasteiger partial charge on any atom is 0.166 e. The number of aryl methyl sites for hydroxylation is 2. The number of hydrogen-bond acceptors (Lipinski definition) is 4. The summed E-state index contributed by atoms with van der Waals surface area (Å²) in [5.74, 6) is 1.93.